The summed E-state index contributed by atoms with van der Waals surface area (Å²) in [6.45, 7) is 12.5. The number of aliphatic imine (C=N–C) groups is 1. The molecular formula is C12H21N. The van der Waals surface area contributed by atoms with E-state index in [0.29, 0.717) is 0 Å². The van der Waals surface area contributed by atoms with Gasteiger partial charge in [0.05, 0.1) is 0 Å². The predicted octanol–water partition coefficient (Wildman–Crippen LogP) is 3.63. The molecule has 1 nitrogen and oxygen atoms in total. The van der Waals surface area contributed by atoms with Crippen molar-refractivity contribution in [3.8, 4) is 0 Å². The molecule has 0 aromatic carbocycles. The summed E-state index contributed by atoms with van der Waals surface area (Å²) in [5.74, 6) is 0. The molecule has 74 valence electrons. The lowest BCUT2D eigenvalue weighted by Crippen LogP contribution is -2.17. The van der Waals surface area contributed by atoms with Crippen LogP contribution in [0.15, 0.2) is 29.3 Å². The summed E-state index contributed by atoms with van der Waals surface area (Å²) in [6.07, 6.45) is 5.11. The summed E-state index contributed by atoms with van der Waals surface area (Å²) in [5.41, 5.74) is 2.38. The molecule has 0 aliphatic rings. The summed E-state index contributed by atoms with van der Waals surface area (Å²) < 4.78 is 0. The monoisotopic (exact) mass is 179 g/mol. The van der Waals surface area contributed by atoms with Crippen LogP contribution in [0.25, 0.3) is 0 Å². The van der Waals surface area contributed by atoms with E-state index in [1.165, 1.54) is 0 Å². The molecule has 0 N–H and O–H groups in total. The van der Waals surface area contributed by atoms with Crippen molar-refractivity contribution in [3.05, 3.63) is 24.3 Å². The van der Waals surface area contributed by atoms with Crippen molar-refractivity contribution in [2.45, 2.75) is 34.1 Å². The first-order valence-corrected chi connectivity index (χ1v) is 4.75. The van der Waals surface area contributed by atoms with Crippen LogP contribution in [0, 0.1) is 5.41 Å². The molecule has 0 aromatic heterocycles. The van der Waals surface area contributed by atoms with Gasteiger partial charge in [0.1, 0.15) is 0 Å². The van der Waals surface area contributed by atoms with Crippen LogP contribution >= 0.6 is 0 Å². The number of allylic oxidation sites excluding steroid dienone is 3. The second-order valence-corrected chi connectivity index (χ2v) is 4.20. The van der Waals surface area contributed by atoms with E-state index >= 15 is 0 Å². The average molecular weight is 179 g/mol. The van der Waals surface area contributed by atoms with Gasteiger partial charge in [0, 0.05) is 18.2 Å². The van der Waals surface area contributed by atoms with Gasteiger partial charge in [0.2, 0.25) is 0 Å². The zero-order chi connectivity index (χ0) is 10.5. The lowest BCUT2D eigenvalue weighted by Gasteiger charge is -2.18. The summed E-state index contributed by atoms with van der Waals surface area (Å²) in [5, 5.41) is 0. The molecule has 0 heterocycles. The van der Waals surface area contributed by atoms with Crippen LogP contribution in [0.1, 0.15) is 34.1 Å². The molecule has 13 heavy (non-hydrogen) atoms. The fraction of sp³-hybridized carbons (Fsp3) is 0.583. The Hall–Kier alpha value is -0.850. The van der Waals surface area contributed by atoms with E-state index in [0.717, 1.165) is 17.7 Å². The van der Waals surface area contributed by atoms with Crippen molar-refractivity contribution >= 4 is 5.71 Å². The largest absolute Gasteiger partial charge is 0.293 e. The summed E-state index contributed by atoms with van der Waals surface area (Å²) in [6, 6.07) is 0. The van der Waals surface area contributed by atoms with Crippen molar-refractivity contribution in [2.75, 3.05) is 7.05 Å². The zero-order valence-electron chi connectivity index (χ0n) is 9.52. The Labute approximate surface area is 82.3 Å². The molecule has 0 saturated carbocycles. The van der Waals surface area contributed by atoms with Gasteiger partial charge in [-0.05, 0) is 12.5 Å². The van der Waals surface area contributed by atoms with Crippen LogP contribution in [0.4, 0.5) is 0 Å². The van der Waals surface area contributed by atoms with Gasteiger partial charge in [-0.15, -0.1) is 0 Å². The van der Waals surface area contributed by atoms with Crippen molar-refractivity contribution < 1.29 is 0 Å². The van der Waals surface area contributed by atoms with Gasteiger partial charge in [0.25, 0.3) is 0 Å². The third-order valence-corrected chi connectivity index (χ3v) is 1.94. The summed E-state index contributed by atoms with van der Waals surface area (Å²) >= 11 is 0. The van der Waals surface area contributed by atoms with Crippen LogP contribution in [0.3, 0.4) is 0 Å². The van der Waals surface area contributed by atoms with Crippen LogP contribution in [-0.2, 0) is 0 Å². The van der Waals surface area contributed by atoms with Gasteiger partial charge in [-0.2, -0.15) is 0 Å². The molecule has 0 aliphatic heterocycles. The number of hydrogen-bond acceptors (Lipinski definition) is 1. The fourth-order valence-corrected chi connectivity index (χ4v) is 0.975. The van der Waals surface area contributed by atoms with Crippen LogP contribution < -0.4 is 0 Å². The SMILES string of the molecule is C=C(/C=C\C(=NC)C(C)(C)C)CC. The molecule has 0 aromatic rings. The van der Waals surface area contributed by atoms with E-state index in [2.05, 4.69) is 45.3 Å². The third-order valence-electron chi connectivity index (χ3n) is 1.94. The molecule has 0 bridgehead atoms. The van der Waals surface area contributed by atoms with Gasteiger partial charge in [-0.1, -0.05) is 45.9 Å². The Morgan fingerprint density at radius 2 is 1.85 bits per heavy atom. The van der Waals surface area contributed by atoms with Gasteiger partial charge in [-0.25, -0.2) is 0 Å². The molecular weight excluding hydrogens is 158 g/mol. The highest BCUT2D eigenvalue weighted by Gasteiger charge is 2.14. The normalized spacial score (nSPS) is 13.8. The number of hydrogen-bond donors (Lipinski definition) is 0. The molecule has 0 rings (SSSR count). The van der Waals surface area contributed by atoms with Crippen LogP contribution in [0.2, 0.25) is 0 Å². The molecule has 0 unspecified atom stereocenters. The number of nitrogens with zero attached hydrogens (tertiary/aromatic N) is 1. The van der Waals surface area contributed by atoms with Crippen molar-refractivity contribution in [2.24, 2.45) is 10.4 Å². The van der Waals surface area contributed by atoms with Crippen molar-refractivity contribution in [1.82, 2.24) is 0 Å². The standard InChI is InChI=1S/C12H21N/c1-7-10(2)8-9-11(13-6)12(3,4)5/h8-9H,2,7H2,1,3-6H3/b9-8-,13-11?. The fourth-order valence-electron chi connectivity index (χ4n) is 0.975. The molecule has 0 fully saturated rings. The zero-order valence-corrected chi connectivity index (χ0v) is 9.52. The highest BCUT2D eigenvalue weighted by molar-refractivity contribution is 5.99. The Morgan fingerprint density at radius 1 is 1.31 bits per heavy atom. The maximum atomic E-state index is 4.25. The topological polar surface area (TPSA) is 12.4 Å². The van der Waals surface area contributed by atoms with E-state index in [9.17, 15) is 0 Å². The van der Waals surface area contributed by atoms with E-state index in [4.69, 9.17) is 0 Å². The number of rotatable bonds is 3. The van der Waals surface area contributed by atoms with Gasteiger partial charge in [0.15, 0.2) is 0 Å². The minimum absolute atomic E-state index is 0.124. The Kier molecular flexibility index (Phi) is 4.68. The van der Waals surface area contributed by atoms with Crippen LogP contribution in [-0.4, -0.2) is 12.8 Å². The first-order valence-electron chi connectivity index (χ1n) is 4.75. The maximum Gasteiger partial charge on any atom is 0.0398 e. The molecule has 0 radical (unpaired) electrons. The maximum absolute atomic E-state index is 4.25. The quantitative estimate of drug-likeness (QED) is 0.463. The Balaban J connectivity index is 4.50. The first kappa shape index (κ1) is 12.2. The first-order chi connectivity index (χ1) is 5.91. The second kappa shape index (κ2) is 5.00. The Morgan fingerprint density at radius 3 is 2.15 bits per heavy atom. The van der Waals surface area contributed by atoms with Crippen molar-refractivity contribution in [1.29, 1.82) is 0 Å². The van der Waals surface area contributed by atoms with E-state index in [1.54, 1.807) is 0 Å². The highest BCUT2D eigenvalue weighted by Crippen LogP contribution is 2.17. The minimum Gasteiger partial charge on any atom is -0.293 e. The van der Waals surface area contributed by atoms with Gasteiger partial charge < -0.3 is 0 Å². The average Bonchev–Trinajstić information content (AvgIpc) is 2.02. The molecule has 0 saturated heterocycles. The third kappa shape index (κ3) is 4.66. The minimum atomic E-state index is 0.124. The van der Waals surface area contributed by atoms with E-state index in [-0.39, 0.29) is 5.41 Å². The van der Waals surface area contributed by atoms with Crippen LogP contribution in [0.5, 0.6) is 0 Å². The molecule has 1 heteroatoms. The smallest absolute Gasteiger partial charge is 0.0398 e. The molecule has 0 aliphatic carbocycles. The van der Waals surface area contributed by atoms with Gasteiger partial charge in [-0.3, -0.25) is 4.99 Å². The molecule has 0 atom stereocenters. The molecule has 0 spiro atoms. The second-order valence-electron chi connectivity index (χ2n) is 4.20. The lowest BCUT2D eigenvalue weighted by atomic mass is 9.89. The Bertz CT molecular complexity index is 226. The summed E-state index contributed by atoms with van der Waals surface area (Å²) in [7, 11) is 1.83. The van der Waals surface area contributed by atoms with Crippen molar-refractivity contribution in [3.63, 3.8) is 0 Å². The molecule has 0 amide bonds. The highest BCUT2D eigenvalue weighted by atomic mass is 14.7. The lowest BCUT2D eigenvalue weighted by molar-refractivity contribution is 0.593. The van der Waals surface area contributed by atoms with E-state index < -0.39 is 0 Å². The summed E-state index contributed by atoms with van der Waals surface area (Å²) in [4.78, 5) is 4.25. The van der Waals surface area contributed by atoms with E-state index in [1.807, 2.05) is 13.1 Å². The van der Waals surface area contributed by atoms with Gasteiger partial charge >= 0.3 is 0 Å². The predicted molar refractivity (Wildman–Crippen MR) is 61.4 cm³/mol.